The van der Waals surface area contributed by atoms with Gasteiger partial charge in [0, 0.05) is 18.4 Å². The molecular formula is C40H61NO6. The second kappa shape index (κ2) is 11.2. The third-order valence-electron chi connectivity index (χ3n) is 15.5. The Morgan fingerprint density at radius 3 is 2.19 bits per heavy atom. The number of carboxylic acids is 1. The van der Waals surface area contributed by atoms with Crippen LogP contribution in [0.2, 0.25) is 0 Å². The van der Waals surface area contributed by atoms with Crippen molar-refractivity contribution in [2.24, 2.45) is 62.1 Å². The Hall–Kier alpha value is -2.18. The first-order valence-corrected chi connectivity index (χ1v) is 18.7. The number of allylic oxidation sites excluding steroid dienone is 1. The van der Waals surface area contributed by atoms with Crippen molar-refractivity contribution in [2.75, 3.05) is 6.54 Å². The van der Waals surface area contributed by atoms with Gasteiger partial charge in [0.1, 0.15) is 6.10 Å². The van der Waals surface area contributed by atoms with E-state index in [2.05, 4.69) is 53.8 Å². The summed E-state index contributed by atoms with van der Waals surface area (Å²) >= 11 is 0. The number of carbonyl (C=O) groups excluding carboxylic acids is 3. The van der Waals surface area contributed by atoms with Crippen LogP contribution in [-0.2, 0) is 23.9 Å². The summed E-state index contributed by atoms with van der Waals surface area (Å²) in [4.78, 5) is 52.7. The van der Waals surface area contributed by atoms with Gasteiger partial charge >= 0.3 is 11.9 Å². The van der Waals surface area contributed by atoms with Gasteiger partial charge in [0.2, 0.25) is 5.91 Å². The summed E-state index contributed by atoms with van der Waals surface area (Å²) in [5.41, 5.74) is 0.218. The van der Waals surface area contributed by atoms with Crippen molar-refractivity contribution >= 4 is 23.6 Å². The molecule has 6 aliphatic rings. The van der Waals surface area contributed by atoms with Crippen molar-refractivity contribution in [3.05, 3.63) is 11.1 Å². The van der Waals surface area contributed by atoms with Gasteiger partial charge in [-0.05, 0) is 135 Å². The molecule has 47 heavy (non-hydrogen) atoms. The van der Waals surface area contributed by atoms with Crippen LogP contribution in [0.15, 0.2) is 11.1 Å². The van der Waals surface area contributed by atoms with Crippen LogP contribution in [0, 0.1) is 62.1 Å². The van der Waals surface area contributed by atoms with Gasteiger partial charge < -0.3 is 15.2 Å². The van der Waals surface area contributed by atoms with E-state index in [0.29, 0.717) is 24.2 Å². The Bertz CT molecular complexity index is 1390. The molecule has 6 rings (SSSR count). The van der Waals surface area contributed by atoms with Crippen LogP contribution in [-0.4, -0.2) is 41.4 Å². The molecule has 0 bridgehead atoms. The molecule has 1 amide bonds. The predicted molar refractivity (Wildman–Crippen MR) is 181 cm³/mol. The minimum atomic E-state index is -1.16. The highest BCUT2D eigenvalue weighted by Crippen LogP contribution is 2.76. The number of Topliss-reactive ketones (excluding diaryl/α,β-unsaturated/α-hetero) is 1. The normalized spacial score (nSPS) is 41.0. The summed E-state index contributed by atoms with van der Waals surface area (Å²) in [5, 5.41) is 12.9. The lowest BCUT2D eigenvalue weighted by Gasteiger charge is -2.72. The number of nitrogens with one attached hydrogen (secondary N) is 1. The average molecular weight is 652 g/mol. The Kier molecular flexibility index (Phi) is 8.24. The number of amides is 1. The van der Waals surface area contributed by atoms with E-state index in [4.69, 9.17) is 4.74 Å². The van der Waals surface area contributed by atoms with Crippen LogP contribution in [0.1, 0.15) is 139 Å². The van der Waals surface area contributed by atoms with Gasteiger partial charge in [-0.15, -0.1) is 0 Å². The van der Waals surface area contributed by atoms with E-state index in [9.17, 15) is 24.3 Å². The highest BCUT2D eigenvalue weighted by atomic mass is 16.5. The van der Waals surface area contributed by atoms with E-state index in [-0.39, 0.29) is 57.7 Å². The number of carboxylic acid groups (broad SMARTS) is 1. The van der Waals surface area contributed by atoms with Gasteiger partial charge in [-0.3, -0.25) is 19.2 Å². The smallest absolute Gasteiger partial charge is 0.309 e. The SMILES string of the molecule is CC(C)C1=C2C3CCC4[C@@]5(C)CC[C@H](OC(=O)CC(C)(C)C(=O)O)C(C)(C)C5CC[C@@]4(C)[C@]3(C)CC[C@@]2(C(=O)NCC2CC2)CC1=O. The Morgan fingerprint density at radius 1 is 0.894 bits per heavy atom. The molecular weight excluding hydrogens is 590 g/mol. The van der Waals surface area contributed by atoms with Crippen molar-refractivity contribution in [3.8, 4) is 0 Å². The second-order valence-corrected chi connectivity index (χ2v) is 19.1. The van der Waals surface area contributed by atoms with Gasteiger partial charge in [-0.2, -0.15) is 0 Å². The molecule has 262 valence electrons. The summed E-state index contributed by atoms with van der Waals surface area (Å²) < 4.78 is 6.14. The predicted octanol–water partition coefficient (Wildman–Crippen LogP) is 7.91. The first kappa shape index (κ1) is 34.7. The zero-order valence-electron chi connectivity index (χ0n) is 30.6. The van der Waals surface area contributed by atoms with Crippen LogP contribution in [0.4, 0.5) is 0 Å². The molecule has 0 aliphatic heterocycles. The van der Waals surface area contributed by atoms with E-state index < -0.39 is 22.8 Å². The van der Waals surface area contributed by atoms with Crippen LogP contribution in [0.3, 0.4) is 0 Å². The molecule has 6 aliphatic carbocycles. The molecule has 0 aromatic carbocycles. The molecule has 0 spiro atoms. The Morgan fingerprint density at radius 2 is 1.57 bits per heavy atom. The number of esters is 1. The quantitative estimate of drug-likeness (QED) is 0.258. The lowest BCUT2D eigenvalue weighted by Crippen LogP contribution is -2.66. The van der Waals surface area contributed by atoms with Crippen LogP contribution >= 0.6 is 0 Å². The zero-order valence-corrected chi connectivity index (χ0v) is 30.6. The maximum atomic E-state index is 14.2. The fourth-order valence-corrected chi connectivity index (χ4v) is 12.4. The summed E-state index contributed by atoms with van der Waals surface area (Å²) in [6.45, 7) is 20.3. The number of aliphatic carboxylic acids is 1. The molecule has 5 saturated carbocycles. The fourth-order valence-electron chi connectivity index (χ4n) is 12.4. The van der Waals surface area contributed by atoms with E-state index in [1.54, 1.807) is 13.8 Å². The highest BCUT2D eigenvalue weighted by Gasteiger charge is 2.71. The Balaban J connectivity index is 1.29. The van der Waals surface area contributed by atoms with Gasteiger partial charge in [0.15, 0.2) is 5.78 Å². The first-order chi connectivity index (χ1) is 21.7. The topological polar surface area (TPSA) is 110 Å². The van der Waals surface area contributed by atoms with E-state index >= 15 is 0 Å². The molecule has 8 atom stereocenters. The van der Waals surface area contributed by atoms with E-state index in [1.807, 2.05) is 0 Å². The standard InChI is InChI=1S/C40H61NO6/c1-23(2)31-26(42)20-40(33(44)41-22-24-10-11-24)19-18-38(8)25(32(31)40)12-13-28-37(7)16-15-29(47-30(43)21-35(3,4)34(45)46)36(5,6)27(37)14-17-39(28,38)9/h23-25,27-29H,10-22H2,1-9H3,(H,41,44)(H,45,46)/t25?,27?,28?,29-,37-,38+,39+,40+/m0/s1. The number of hydrogen-bond donors (Lipinski definition) is 2. The Labute approximate surface area is 282 Å². The molecule has 5 fully saturated rings. The lowest BCUT2D eigenvalue weighted by atomic mass is 9.33. The number of ether oxygens (including phenoxy) is 1. The van der Waals surface area contributed by atoms with Crippen molar-refractivity contribution in [1.82, 2.24) is 5.32 Å². The lowest BCUT2D eigenvalue weighted by molar-refractivity contribution is -0.233. The number of ketones is 1. The molecule has 7 nitrogen and oxygen atoms in total. The molecule has 0 aromatic heterocycles. The van der Waals surface area contributed by atoms with Gasteiger partial charge in [0.25, 0.3) is 0 Å². The van der Waals surface area contributed by atoms with E-state index in [1.165, 1.54) is 18.4 Å². The van der Waals surface area contributed by atoms with Crippen molar-refractivity contribution in [1.29, 1.82) is 0 Å². The average Bonchev–Trinajstić information content (AvgIpc) is 3.74. The maximum Gasteiger partial charge on any atom is 0.309 e. The molecule has 7 heteroatoms. The van der Waals surface area contributed by atoms with Crippen molar-refractivity contribution < 1.29 is 29.0 Å². The molecule has 0 saturated heterocycles. The van der Waals surface area contributed by atoms with Crippen LogP contribution in [0.5, 0.6) is 0 Å². The van der Waals surface area contributed by atoms with Crippen molar-refractivity contribution in [3.63, 3.8) is 0 Å². The third-order valence-corrected chi connectivity index (χ3v) is 15.5. The second-order valence-electron chi connectivity index (χ2n) is 19.1. The number of rotatable bonds is 8. The van der Waals surface area contributed by atoms with E-state index in [0.717, 1.165) is 63.5 Å². The number of fused-ring (bicyclic) bond motifs is 7. The zero-order chi connectivity index (χ0) is 34.5. The molecule has 0 aromatic rings. The van der Waals surface area contributed by atoms with Gasteiger partial charge in [-0.25, -0.2) is 0 Å². The number of carbonyl (C=O) groups is 4. The monoisotopic (exact) mass is 651 g/mol. The fraction of sp³-hybridized carbons (Fsp3) is 0.850. The maximum absolute atomic E-state index is 14.2. The first-order valence-electron chi connectivity index (χ1n) is 18.7. The summed E-state index contributed by atoms with van der Waals surface area (Å²) in [7, 11) is 0. The molecule has 0 radical (unpaired) electrons. The highest BCUT2D eigenvalue weighted by molar-refractivity contribution is 6.07. The number of hydrogen-bond acceptors (Lipinski definition) is 5. The summed E-state index contributed by atoms with van der Waals surface area (Å²) in [6, 6.07) is 0. The largest absolute Gasteiger partial charge is 0.481 e. The third kappa shape index (κ3) is 5.08. The summed E-state index contributed by atoms with van der Waals surface area (Å²) in [6.07, 6.45) is 10.1. The van der Waals surface area contributed by atoms with Gasteiger partial charge in [0.05, 0.1) is 17.3 Å². The minimum absolute atomic E-state index is 0.0138. The molecule has 0 heterocycles. The summed E-state index contributed by atoms with van der Waals surface area (Å²) in [5.74, 6) is 0.711. The molecule has 3 unspecified atom stereocenters. The van der Waals surface area contributed by atoms with Gasteiger partial charge in [-0.1, -0.05) is 48.5 Å². The van der Waals surface area contributed by atoms with Crippen LogP contribution < -0.4 is 5.32 Å². The van der Waals surface area contributed by atoms with Crippen molar-refractivity contribution in [2.45, 2.75) is 145 Å². The minimum Gasteiger partial charge on any atom is -0.481 e. The molecule has 2 N–H and O–H groups in total. The van der Waals surface area contributed by atoms with Crippen LogP contribution in [0.25, 0.3) is 0 Å².